The Hall–Kier alpha value is -4.72. The van der Waals surface area contributed by atoms with Crippen LogP contribution in [-0.2, 0) is 4.79 Å². The second kappa shape index (κ2) is 12.4. The van der Waals surface area contributed by atoms with Gasteiger partial charge < -0.3 is 10.6 Å². The minimum absolute atomic E-state index is 0.151. The lowest BCUT2D eigenvalue weighted by atomic mass is 10.1. The first-order chi connectivity index (χ1) is 20.5. The zero-order valence-corrected chi connectivity index (χ0v) is 24.4. The molecule has 0 saturated carbocycles. The van der Waals surface area contributed by atoms with Crippen LogP contribution in [0, 0.1) is 6.92 Å². The highest BCUT2D eigenvalue weighted by atomic mass is 32.2. The molecular weight excluding hydrogens is 559 g/mol. The molecule has 0 radical (unpaired) electrons. The molecule has 7 heteroatoms. The second-order valence-corrected chi connectivity index (χ2v) is 11.9. The van der Waals surface area contributed by atoms with E-state index in [1.54, 1.807) is 0 Å². The molecule has 0 fully saturated rings. The van der Waals surface area contributed by atoms with Gasteiger partial charge in [0.25, 0.3) is 5.91 Å². The molecule has 2 N–H and O–H groups in total. The molecular formula is C35H27N3O2S2. The van der Waals surface area contributed by atoms with Crippen LogP contribution in [0.25, 0.3) is 22.0 Å². The number of amides is 2. The summed E-state index contributed by atoms with van der Waals surface area (Å²) in [6, 6.07) is 39.2. The fourth-order valence-corrected chi connectivity index (χ4v) is 6.29. The van der Waals surface area contributed by atoms with Crippen LogP contribution in [0.5, 0.6) is 0 Å². The van der Waals surface area contributed by atoms with E-state index in [-0.39, 0.29) is 11.8 Å². The monoisotopic (exact) mass is 585 g/mol. The zero-order chi connectivity index (χ0) is 28.9. The number of hydrogen-bond donors (Lipinski definition) is 2. The third-order valence-corrected chi connectivity index (χ3v) is 8.82. The van der Waals surface area contributed by atoms with Crippen LogP contribution in [0.1, 0.15) is 26.7 Å². The summed E-state index contributed by atoms with van der Waals surface area (Å²) in [5, 5.41) is 10.3. The Bertz CT molecular complexity index is 1850. The second-order valence-electron chi connectivity index (χ2n) is 9.84. The van der Waals surface area contributed by atoms with Crippen molar-refractivity contribution in [3.05, 3.63) is 143 Å². The Morgan fingerprint density at radius 1 is 0.762 bits per heavy atom. The number of hydrogen-bond acceptors (Lipinski definition) is 5. The molecule has 2 amide bonds. The van der Waals surface area contributed by atoms with Gasteiger partial charge in [0, 0.05) is 27.1 Å². The first-order valence-corrected chi connectivity index (χ1v) is 15.2. The van der Waals surface area contributed by atoms with Crippen LogP contribution in [-0.4, -0.2) is 16.8 Å². The molecule has 1 aromatic heterocycles. The highest BCUT2D eigenvalue weighted by molar-refractivity contribution is 8.00. The fraction of sp³-hybridized carbons (Fsp3) is 0.0571. The summed E-state index contributed by atoms with van der Waals surface area (Å²) < 4.78 is 0. The predicted octanol–water partition coefficient (Wildman–Crippen LogP) is 9.00. The molecule has 5 aromatic carbocycles. The van der Waals surface area contributed by atoms with Crippen molar-refractivity contribution in [2.24, 2.45) is 0 Å². The van der Waals surface area contributed by atoms with Gasteiger partial charge >= 0.3 is 0 Å². The summed E-state index contributed by atoms with van der Waals surface area (Å²) in [6.07, 6.45) is 0. The number of carbonyl (C=O) groups is 2. The molecule has 1 unspecified atom stereocenters. The molecule has 6 aromatic rings. The third kappa shape index (κ3) is 6.43. The van der Waals surface area contributed by atoms with Crippen molar-refractivity contribution < 1.29 is 9.59 Å². The van der Waals surface area contributed by atoms with Crippen LogP contribution >= 0.6 is 23.1 Å². The summed E-state index contributed by atoms with van der Waals surface area (Å²) >= 11 is 2.86. The van der Waals surface area contributed by atoms with E-state index in [1.807, 2.05) is 103 Å². The standard InChI is InChI=1S/C35H27N3O2S2/c1-23-11-13-26(14-12-23)33(39)36-29-17-19-30(20-18-29)42-32(25-8-3-2-4-9-25)34(40)38-35-37-31(22-41-35)28-16-15-24-7-5-6-10-27(24)21-28/h2-22,32H,1H3,(H,36,39)(H,37,38,40). The Labute approximate surface area is 252 Å². The average molecular weight is 586 g/mol. The molecule has 206 valence electrons. The fourth-order valence-electron chi connectivity index (χ4n) is 4.55. The zero-order valence-electron chi connectivity index (χ0n) is 22.8. The molecule has 1 atom stereocenters. The molecule has 0 saturated heterocycles. The van der Waals surface area contributed by atoms with Gasteiger partial charge in [0.2, 0.25) is 5.91 Å². The number of thiazole rings is 1. The van der Waals surface area contributed by atoms with E-state index >= 15 is 0 Å². The summed E-state index contributed by atoms with van der Waals surface area (Å²) in [7, 11) is 0. The van der Waals surface area contributed by atoms with Crippen molar-refractivity contribution in [1.29, 1.82) is 0 Å². The number of thioether (sulfide) groups is 1. The largest absolute Gasteiger partial charge is 0.322 e. The molecule has 0 spiro atoms. The van der Waals surface area contributed by atoms with Gasteiger partial charge in [-0.15, -0.1) is 23.1 Å². The minimum atomic E-state index is -0.493. The van der Waals surface area contributed by atoms with Crippen molar-refractivity contribution in [2.75, 3.05) is 10.6 Å². The summed E-state index contributed by atoms with van der Waals surface area (Å²) in [5.74, 6) is -0.314. The number of nitrogens with zero attached hydrogens (tertiary/aromatic N) is 1. The molecule has 1 heterocycles. The highest BCUT2D eigenvalue weighted by Crippen LogP contribution is 2.37. The van der Waals surface area contributed by atoms with Gasteiger partial charge in [-0.2, -0.15) is 0 Å². The molecule has 0 aliphatic carbocycles. The van der Waals surface area contributed by atoms with E-state index in [1.165, 1.54) is 28.5 Å². The van der Waals surface area contributed by atoms with E-state index in [4.69, 9.17) is 4.98 Å². The van der Waals surface area contributed by atoms with Crippen LogP contribution in [0.3, 0.4) is 0 Å². The van der Waals surface area contributed by atoms with Crippen LogP contribution < -0.4 is 10.6 Å². The van der Waals surface area contributed by atoms with Crippen molar-refractivity contribution in [3.63, 3.8) is 0 Å². The maximum absolute atomic E-state index is 13.6. The molecule has 0 bridgehead atoms. The van der Waals surface area contributed by atoms with Crippen LogP contribution in [0.4, 0.5) is 10.8 Å². The third-order valence-electron chi connectivity index (χ3n) is 6.80. The van der Waals surface area contributed by atoms with E-state index < -0.39 is 5.25 Å². The number of nitrogens with one attached hydrogen (secondary N) is 2. The van der Waals surface area contributed by atoms with E-state index in [2.05, 4.69) is 41.0 Å². The van der Waals surface area contributed by atoms with E-state index in [0.717, 1.165) is 32.7 Å². The lowest BCUT2D eigenvalue weighted by molar-refractivity contribution is -0.115. The number of rotatable bonds is 8. The quantitative estimate of drug-likeness (QED) is 0.175. The Kier molecular flexibility index (Phi) is 8.12. The lowest BCUT2D eigenvalue weighted by Gasteiger charge is -2.16. The summed E-state index contributed by atoms with van der Waals surface area (Å²) in [5.41, 5.74) is 5.12. The first-order valence-electron chi connectivity index (χ1n) is 13.5. The topological polar surface area (TPSA) is 71.1 Å². The molecule has 5 nitrogen and oxygen atoms in total. The predicted molar refractivity (Wildman–Crippen MR) is 174 cm³/mol. The Balaban J connectivity index is 1.16. The van der Waals surface area contributed by atoms with Crippen molar-refractivity contribution in [2.45, 2.75) is 17.1 Å². The van der Waals surface area contributed by atoms with E-state index in [0.29, 0.717) is 16.4 Å². The Morgan fingerprint density at radius 3 is 2.24 bits per heavy atom. The van der Waals surface area contributed by atoms with Gasteiger partial charge in [0.1, 0.15) is 5.25 Å². The van der Waals surface area contributed by atoms with Gasteiger partial charge in [-0.05, 0) is 65.7 Å². The van der Waals surface area contributed by atoms with Crippen LogP contribution in [0.15, 0.2) is 132 Å². The van der Waals surface area contributed by atoms with Gasteiger partial charge in [0.05, 0.1) is 5.69 Å². The number of aromatic nitrogens is 1. The molecule has 0 aliphatic rings. The smallest absolute Gasteiger partial charge is 0.255 e. The van der Waals surface area contributed by atoms with Gasteiger partial charge in [-0.1, -0.05) is 84.4 Å². The first kappa shape index (κ1) is 27.4. The Morgan fingerprint density at radius 2 is 1.48 bits per heavy atom. The van der Waals surface area contributed by atoms with Crippen LogP contribution in [0.2, 0.25) is 0 Å². The number of benzene rings is 5. The van der Waals surface area contributed by atoms with E-state index in [9.17, 15) is 9.59 Å². The summed E-state index contributed by atoms with van der Waals surface area (Å²) in [6.45, 7) is 1.99. The molecule has 0 aliphatic heterocycles. The number of carbonyl (C=O) groups excluding carboxylic acids is 2. The summed E-state index contributed by atoms with van der Waals surface area (Å²) in [4.78, 5) is 31.8. The number of anilines is 2. The molecule has 42 heavy (non-hydrogen) atoms. The highest BCUT2D eigenvalue weighted by Gasteiger charge is 2.23. The lowest BCUT2D eigenvalue weighted by Crippen LogP contribution is -2.19. The SMILES string of the molecule is Cc1ccc(C(=O)Nc2ccc(SC(C(=O)Nc3nc(-c4ccc5ccccc5c4)cs3)c3ccccc3)cc2)cc1. The van der Waals surface area contributed by atoms with Crippen molar-refractivity contribution in [1.82, 2.24) is 4.98 Å². The average Bonchev–Trinajstić information content (AvgIpc) is 3.49. The maximum atomic E-state index is 13.6. The number of aryl methyl sites for hydroxylation is 1. The number of fused-ring (bicyclic) bond motifs is 1. The van der Waals surface area contributed by atoms with Crippen molar-refractivity contribution >= 4 is 56.5 Å². The molecule has 6 rings (SSSR count). The van der Waals surface area contributed by atoms with Gasteiger partial charge in [-0.3, -0.25) is 9.59 Å². The normalized spacial score (nSPS) is 11.6. The maximum Gasteiger partial charge on any atom is 0.255 e. The van der Waals surface area contributed by atoms with Gasteiger partial charge in [0.15, 0.2) is 5.13 Å². The van der Waals surface area contributed by atoms with Crippen molar-refractivity contribution in [3.8, 4) is 11.3 Å². The minimum Gasteiger partial charge on any atom is -0.322 e. The van der Waals surface area contributed by atoms with Gasteiger partial charge in [-0.25, -0.2) is 4.98 Å².